The fourth-order valence-corrected chi connectivity index (χ4v) is 4.37. The van der Waals surface area contributed by atoms with Gasteiger partial charge in [-0.25, -0.2) is 4.57 Å². The van der Waals surface area contributed by atoms with Gasteiger partial charge in [0.25, 0.3) is 0 Å². The maximum atomic E-state index is 11.8. The SMILES string of the molecule is CCCCCCCCCCCCCCCCCCC(=O)OCC(O)COP(=O)(O)OCC(O)CO. The van der Waals surface area contributed by atoms with Crippen molar-refractivity contribution in [3.8, 4) is 0 Å². The van der Waals surface area contributed by atoms with E-state index in [1.54, 1.807) is 0 Å². The van der Waals surface area contributed by atoms with Gasteiger partial charge in [0.1, 0.15) is 18.8 Å². The van der Waals surface area contributed by atoms with Crippen LogP contribution in [0.4, 0.5) is 0 Å². The minimum absolute atomic E-state index is 0.271. The molecule has 0 heterocycles. The van der Waals surface area contributed by atoms with Gasteiger partial charge in [0.05, 0.1) is 19.8 Å². The molecule has 0 fully saturated rings. The van der Waals surface area contributed by atoms with Crippen LogP contribution in [0.25, 0.3) is 0 Å². The summed E-state index contributed by atoms with van der Waals surface area (Å²) in [6.07, 6.45) is 17.8. The van der Waals surface area contributed by atoms with Crippen LogP contribution in [0.1, 0.15) is 116 Å². The molecule has 10 heteroatoms. The van der Waals surface area contributed by atoms with Crippen LogP contribution in [0.15, 0.2) is 0 Å². The standard InChI is InChI=1S/C25H51O9P/c1-2-3-4-5-6-7-8-9-10-11-12-13-14-15-16-17-18-25(29)32-20-24(28)22-34-35(30,31)33-21-23(27)19-26/h23-24,26-28H,2-22H2,1H3,(H,30,31). The van der Waals surface area contributed by atoms with E-state index in [9.17, 15) is 19.4 Å². The summed E-state index contributed by atoms with van der Waals surface area (Å²) in [7, 11) is -4.48. The van der Waals surface area contributed by atoms with Crippen LogP contribution >= 0.6 is 7.82 Å². The summed E-state index contributed by atoms with van der Waals surface area (Å²) in [6, 6.07) is 0. The third-order valence-electron chi connectivity index (χ3n) is 5.74. The Kier molecular flexibility index (Phi) is 23.5. The van der Waals surface area contributed by atoms with E-state index in [4.69, 9.17) is 14.9 Å². The van der Waals surface area contributed by atoms with Crippen LogP contribution < -0.4 is 0 Å². The highest BCUT2D eigenvalue weighted by Gasteiger charge is 2.24. The number of aliphatic hydroxyl groups excluding tert-OH is 3. The molecule has 0 aliphatic heterocycles. The molecular formula is C25H51O9P. The largest absolute Gasteiger partial charge is 0.472 e. The fourth-order valence-electron chi connectivity index (χ4n) is 3.58. The second-order valence-corrected chi connectivity index (χ2v) is 10.7. The third kappa shape index (κ3) is 24.9. The van der Waals surface area contributed by atoms with Gasteiger partial charge in [-0.05, 0) is 6.42 Å². The zero-order valence-electron chi connectivity index (χ0n) is 21.8. The van der Waals surface area contributed by atoms with Gasteiger partial charge in [-0.3, -0.25) is 13.8 Å². The molecule has 0 aromatic heterocycles. The van der Waals surface area contributed by atoms with Crippen molar-refractivity contribution in [2.24, 2.45) is 0 Å². The van der Waals surface area contributed by atoms with Crippen molar-refractivity contribution in [1.82, 2.24) is 0 Å². The van der Waals surface area contributed by atoms with Crippen molar-refractivity contribution < 1.29 is 43.4 Å². The number of aliphatic hydroxyl groups is 3. The summed E-state index contributed by atoms with van der Waals surface area (Å²) in [5.74, 6) is -0.427. The Bertz CT molecular complexity index is 533. The molecule has 3 atom stereocenters. The first-order valence-corrected chi connectivity index (χ1v) is 15.0. The molecular weight excluding hydrogens is 475 g/mol. The molecule has 0 rings (SSSR count). The van der Waals surface area contributed by atoms with Crippen molar-refractivity contribution in [3.05, 3.63) is 0 Å². The second-order valence-electron chi connectivity index (χ2n) is 9.29. The number of rotatable bonds is 26. The molecule has 4 N–H and O–H groups in total. The Morgan fingerprint density at radius 1 is 0.686 bits per heavy atom. The quantitative estimate of drug-likeness (QED) is 0.0693. The summed E-state index contributed by atoms with van der Waals surface area (Å²) in [4.78, 5) is 21.1. The van der Waals surface area contributed by atoms with Crippen molar-refractivity contribution in [1.29, 1.82) is 0 Å². The number of carbonyl (C=O) groups excluding carboxylic acids is 1. The number of phosphoric ester groups is 1. The number of carbonyl (C=O) groups is 1. The summed E-state index contributed by atoms with van der Waals surface area (Å²) in [6.45, 7) is 0.113. The highest BCUT2D eigenvalue weighted by atomic mass is 31.2. The Balaban J connectivity index is 3.47. The number of phosphoric acid groups is 1. The lowest BCUT2D eigenvalue weighted by molar-refractivity contribution is -0.147. The summed E-state index contributed by atoms with van der Waals surface area (Å²) in [5.41, 5.74) is 0. The van der Waals surface area contributed by atoms with Crippen molar-refractivity contribution in [2.75, 3.05) is 26.4 Å². The van der Waals surface area contributed by atoms with E-state index >= 15 is 0 Å². The van der Waals surface area contributed by atoms with Crippen LogP contribution in [0.2, 0.25) is 0 Å². The van der Waals surface area contributed by atoms with E-state index in [1.165, 1.54) is 83.5 Å². The van der Waals surface area contributed by atoms with Crippen molar-refractivity contribution in [2.45, 2.75) is 128 Å². The molecule has 210 valence electrons. The van der Waals surface area contributed by atoms with Crippen LogP contribution in [-0.2, 0) is 23.1 Å². The summed E-state index contributed by atoms with van der Waals surface area (Å²) < 4.78 is 25.5. The molecule has 35 heavy (non-hydrogen) atoms. The van der Waals surface area contributed by atoms with Gasteiger partial charge >= 0.3 is 13.8 Å². The number of hydrogen-bond acceptors (Lipinski definition) is 8. The Morgan fingerprint density at radius 3 is 1.51 bits per heavy atom. The molecule has 0 bridgehead atoms. The van der Waals surface area contributed by atoms with Gasteiger partial charge < -0.3 is 24.9 Å². The number of ether oxygens (including phenoxy) is 1. The first-order valence-electron chi connectivity index (χ1n) is 13.5. The third-order valence-corrected chi connectivity index (χ3v) is 6.69. The van der Waals surface area contributed by atoms with E-state index in [0.29, 0.717) is 0 Å². The van der Waals surface area contributed by atoms with Gasteiger partial charge in [-0.1, -0.05) is 103 Å². The average Bonchev–Trinajstić information content (AvgIpc) is 2.84. The molecule has 0 aliphatic carbocycles. The fraction of sp³-hybridized carbons (Fsp3) is 0.960. The molecule has 0 radical (unpaired) electrons. The maximum Gasteiger partial charge on any atom is 0.472 e. The van der Waals surface area contributed by atoms with E-state index in [2.05, 4.69) is 16.0 Å². The Morgan fingerprint density at radius 2 is 1.09 bits per heavy atom. The first kappa shape index (κ1) is 34.5. The Labute approximate surface area is 212 Å². The van der Waals surface area contributed by atoms with Crippen LogP contribution in [0.5, 0.6) is 0 Å². The smallest absolute Gasteiger partial charge is 0.463 e. The Hall–Kier alpha value is -0.540. The summed E-state index contributed by atoms with van der Waals surface area (Å²) >= 11 is 0. The van der Waals surface area contributed by atoms with Crippen LogP contribution in [0.3, 0.4) is 0 Å². The molecule has 3 unspecified atom stereocenters. The lowest BCUT2D eigenvalue weighted by Crippen LogP contribution is -2.24. The van der Waals surface area contributed by atoms with E-state index in [-0.39, 0.29) is 13.0 Å². The molecule has 0 amide bonds. The normalized spacial score (nSPS) is 15.0. The van der Waals surface area contributed by atoms with E-state index < -0.39 is 45.8 Å². The minimum Gasteiger partial charge on any atom is -0.463 e. The molecule has 0 saturated heterocycles. The predicted molar refractivity (Wildman–Crippen MR) is 136 cm³/mol. The lowest BCUT2D eigenvalue weighted by Gasteiger charge is -2.16. The molecule has 0 aromatic carbocycles. The first-order chi connectivity index (χ1) is 16.8. The van der Waals surface area contributed by atoms with Gasteiger partial charge in [0, 0.05) is 6.42 Å². The molecule has 0 spiro atoms. The van der Waals surface area contributed by atoms with Gasteiger partial charge in [0.2, 0.25) is 0 Å². The average molecular weight is 527 g/mol. The van der Waals surface area contributed by atoms with Gasteiger partial charge in [0.15, 0.2) is 0 Å². The zero-order chi connectivity index (χ0) is 26.2. The van der Waals surface area contributed by atoms with Crippen LogP contribution in [0, 0.1) is 0 Å². The van der Waals surface area contributed by atoms with Gasteiger partial charge in [-0.2, -0.15) is 0 Å². The van der Waals surface area contributed by atoms with Gasteiger partial charge in [-0.15, -0.1) is 0 Å². The van der Waals surface area contributed by atoms with E-state index in [1.807, 2.05) is 0 Å². The topological polar surface area (TPSA) is 143 Å². The molecule has 0 saturated carbocycles. The maximum absolute atomic E-state index is 11.8. The molecule has 0 aromatic rings. The van der Waals surface area contributed by atoms with Crippen molar-refractivity contribution >= 4 is 13.8 Å². The monoisotopic (exact) mass is 526 g/mol. The zero-order valence-corrected chi connectivity index (χ0v) is 22.7. The number of esters is 1. The van der Waals surface area contributed by atoms with Crippen LogP contribution in [-0.4, -0.2) is 64.8 Å². The lowest BCUT2D eigenvalue weighted by atomic mass is 10.0. The second kappa shape index (κ2) is 23.8. The highest BCUT2D eigenvalue weighted by Crippen LogP contribution is 2.43. The number of unbranched alkanes of at least 4 members (excludes halogenated alkanes) is 15. The highest BCUT2D eigenvalue weighted by molar-refractivity contribution is 7.47. The number of hydrogen-bond donors (Lipinski definition) is 4. The van der Waals surface area contributed by atoms with Crippen molar-refractivity contribution in [3.63, 3.8) is 0 Å². The predicted octanol–water partition coefficient (Wildman–Crippen LogP) is 5.03. The minimum atomic E-state index is -4.48. The molecule has 0 aliphatic rings. The van der Waals surface area contributed by atoms with E-state index in [0.717, 1.165) is 19.3 Å². The molecule has 9 nitrogen and oxygen atoms in total. The summed E-state index contributed by atoms with van der Waals surface area (Å²) in [5, 5.41) is 27.4.